The number of allylic oxidation sites excluding steroid dienone is 2. The van der Waals surface area contributed by atoms with E-state index in [1.165, 1.54) is 17.7 Å². The highest BCUT2D eigenvalue weighted by Crippen LogP contribution is 2.52. The third-order valence-corrected chi connectivity index (χ3v) is 7.11. The second-order valence-corrected chi connectivity index (χ2v) is 8.90. The minimum Gasteiger partial charge on any atom is -0.357 e. The van der Waals surface area contributed by atoms with Gasteiger partial charge in [-0.15, -0.1) is 0 Å². The summed E-state index contributed by atoms with van der Waals surface area (Å²) in [5, 5.41) is 6.54. The normalized spacial score (nSPS) is 29.3. The summed E-state index contributed by atoms with van der Waals surface area (Å²) in [6, 6.07) is 4.12. The number of anilines is 1. The molecular weight excluding hydrogens is 392 g/mol. The van der Waals surface area contributed by atoms with Gasteiger partial charge < -0.3 is 15.5 Å². The van der Waals surface area contributed by atoms with Gasteiger partial charge in [0.25, 0.3) is 0 Å². The number of rotatable bonds is 6. The Morgan fingerprint density at radius 1 is 1.13 bits per heavy atom. The molecule has 4 atom stereocenters. The molecule has 8 nitrogen and oxygen atoms in total. The fraction of sp³-hybridized carbons (Fsp3) is 0.565. The van der Waals surface area contributed by atoms with Crippen molar-refractivity contribution in [2.24, 2.45) is 28.7 Å². The summed E-state index contributed by atoms with van der Waals surface area (Å²) in [6.45, 7) is 3.62. The number of guanidine groups is 1. The lowest BCUT2D eigenvalue weighted by molar-refractivity contribution is -0.140. The van der Waals surface area contributed by atoms with Crippen LogP contribution in [-0.4, -0.2) is 60.9 Å². The molecule has 5 rings (SSSR count). The number of hydrogen-bond acceptors (Lipinski definition) is 5. The van der Waals surface area contributed by atoms with Gasteiger partial charge in [0.15, 0.2) is 5.96 Å². The van der Waals surface area contributed by atoms with Crippen LogP contribution < -0.4 is 15.5 Å². The van der Waals surface area contributed by atoms with Gasteiger partial charge in [-0.1, -0.05) is 12.2 Å². The first-order valence-corrected chi connectivity index (χ1v) is 11.3. The average molecular weight is 423 g/mol. The molecule has 164 valence electrons. The summed E-state index contributed by atoms with van der Waals surface area (Å²) < 4.78 is 0. The summed E-state index contributed by atoms with van der Waals surface area (Å²) in [5.41, 5.74) is 1.14. The zero-order valence-electron chi connectivity index (χ0n) is 18.0. The van der Waals surface area contributed by atoms with Crippen LogP contribution in [-0.2, 0) is 16.1 Å². The molecule has 1 saturated carbocycles. The zero-order valence-corrected chi connectivity index (χ0v) is 18.0. The fourth-order valence-electron chi connectivity index (χ4n) is 5.57. The van der Waals surface area contributed by atoms with Gasteiger partial charge in [-0.2, -0.15) is 0 Å². The first-order chi connectivity index (χ1) is 15.2. The molecule has 31 heavy (non-hydrogen) atoms. The van der Waals surface area contributed by atoms with Gasteiger partial charge in [-0.05, 0) is 48.8 Å². The van der Waals surface area contributed by atoms with Gasteiger partial charge in [0.1, 0.15) is 5.82 Å². The predicted octanol–water partition coefficient (Wildman–Crippen LogP) is 1.15. The van der Waals surface area contributed by atoms with Crippen LogP contribution >= 0.6 is 0 Å². The van der Waals surface area contributed by atoms with E-state index in [1.807, 2.05) is 12.3 Å². The Kier molecular flexibility index (Phi) is 5.38. The molecule has 8 heteroatoms. The van der Waals surface area contributed by atoms with Crippen LogP contribution in [0.2, 0.25) is 0 Å². The van der Waals surface area contributed by atoms with Crippen molar-refractivity contribution in [2.75, 3.05) is 38.1 Å². The van der Waals surface area contributed by atoms with Gasteiger partial charge in [-0.25, -0.2) is 4.98 Å². The maximum absolute atomic E-state index is 12.8. The number of amides is 2. The number of likely N-dealkylation sites (tertiary alicyclic amines) is 1. The maximum atomic E-state index is 12.8. The van der Waals surface area contributed by atoms with Gasteiger partial charge in [0.2, 0.25) is 11.8 Å². The largest absolute Gasteiger partial charge is 0.357 e. The summed E-state index contributed by atoms with van der Waals surface area (Å²) >= 11 is 0. The molecular formula is C23H30N6O2. The summed E-state index contributed by atoms with van der Waals surface area (Å²) in [6.07, 6.45) is 9.51. The Morgan fingerprint density at radius 3 is 2.52 bits per heavy atom. The molecule has 0 spiro atoms. The number of fused-ring (bicyclic) bond motifs is 5. The highest BCUT2D eigenvalue weighted by Gasteiger charge is 2.58. The van der Waals surface area contributed by atoms with E-state index >= 15 is 0 Å². The minimum atomic E-state index is -0.128. The molecule has 2 aliphatic heterocycles. The van der Waals surface area contributed by atoms with Crippen molar-refractivity contribution < 1.29 is 9.59 Å². The van der Waals surface area contributed by atoms with E-state index in [9.17, 15) is 9.59 Å². The quantitative estimate of drug-likeness (QED) is 0.309. The minimum absolute atomic E-state index is 0.00261. The number of pyridine rings is 1. The smallest absolute Gasteiger partial charge is 0.233 e. The van der Waals surface area contributed by atoms with Crippen LogP contribution in [0.15, 0.2) is 35.5 Å². The molecule has 2 saturated heterocycles. The number of carbonyl (C=O) groups is 2. The van der Waals surface area contributed by atoms with E-state index in [2.05, 4.69) is 43.7 Å². The van der Waals surface area contributed by atoms with Gasteiger partial charge in [0, 0.05) is 46.0 Å². The number of imide groups is 1. The van der Waals surface area contributed by atoms with Crippen LogP contribution in [0.25, 0.3) is 0 Å². The number of aliphatic imine (C=N–C) groups is 1. The second-order valence-electron chi connectivity index (χ2n) is 8.90. The van der Waals surface area contributed by atoms with Crippen molar-refractivity contribution in [3.63, 3.8) is 0 Å². The lowest BCUT2D eigenvalue weighted by Crippen LogP contribution is -2.43. The molecule has 0 radical (unpaired) electrons. The summed E-state index contributed by atoms with van der Waals surface area (Å²) in [5.74, 6) is 1.94. The molecule has 3 fully saturated rings. The Morgan fingerprint density at radius 2 is 1.84 bits per heavy atom. The van der Waals surface area contributed by atoms with Crippen LogP contribution in [0, 0.1) is 23.7 Å². The van der Waals surface area contributed by atoms with Gasteiger partial charge >= 0.3 is 0 Å². The Labute approximate surface area is 182 Å². The molecule has 2 bridgehead atoms. The number of nitrogens with one attached hydrogen (secondary N) is 2. The monoisotopic (exact) mass is 422 g/mol. The first kappa shape index (κ1) is 20.0. The predicted molar refractivity (Wildman–Crippen MR) is 118 cm³/mol. The van der Waals surface area contributed by atoms with E-state index in [1.54, 1.807) is 7.05 Å². The van der Waals surface area contributed by atoms with Crippen molar-refractivity contribution in [3.05, 3.63) is 36.0 Å². The SMILES string of the molecule is CN=C(NCCN1C(=O)C2C3C=CC(C3)C2C1=O)NCc1ccnc(N2CCCC2)c1. The van der Waals surface area contributed by atoms with Crippen molar-refractivity contribution >= 4 is 23.6 Å². The van der Waals surface area contributed by atoms with Crippen LogP contribution in [0.5, 0.6) is 0 Å². The van der Waals surface area contributed by atoms with Crippen LogP contribution in [0.4, 0.5) is 5.82 Å². The van der Waals surface area contributed by atoms with Crippen LogP contribution in [0.1, 0.15) is 24.8 Å². The maximum Gasteiger partial charge on any atom is 0.233 e. The van der Waals surface area contributed by atoms with E-state index in [0.29, 0.717) is 25.6 Å². The summed E-state index contributed by atoms with van der Waals surface area (Å²) in [4.78, 5) is 38.1. The van der Waals surface area contributed by atoms with E-state index in [-0.39, 0.29) is 35.5 Å². The molecule has 4 unspecified atom stereocenters. The number of aromatic nitrogens is 1. The lowest BCUT2D eigenvalue weighted by Gasteiger charge is -2.19. The third kappa shape index (κ3) is 3.68. The summed E-state index contributed by atoms with van der Waals surface area (Å²) in [7, 11) is 1.72. The molecule has 3 heterocycles. The zero-order chi connectivity index (χ0) is 21.4. The van der Waals surface area contributed by atoms with Gasteiger partial charge in [-0.3, -0.25) is 19.5 Å². The molecule has 1 aromatic heterocycles. The van der Waals surface area contributed by atoms with E-state index in [4.69, 9.17) is 0 Å². The highest BCUT2D eigenvalue weighted by atomic mass is 16.2. The third-order valence-electron chi connectivity index (χ3n) is 7.11. The number of carbonyl (C=O) groups excluding carboxylic acids is 2. The Hall–Kier alpha value is -2.90. The fourth-order valence-corrected chi connectivity index (χ4v) is 5.57. The topological polar surface area (TPSA) is 89.9 Å². The van der Waals surface area contributed by atoms with Crippen molar-refractivity contribution in [3.8, 4) is 0 Å². The number of nitrogens with zero attached hydrogens (tertiary/aromatic N) is 4. The lowest BCUT2D eigenvalue weighted by atomic mass is 9.85. The van der Waals surface area contributed by atoms with Crippen molar-refractivity contribution in [2.45, 2.75) is 25.8 Å². The molecule has 2 amide bonds. The average Bonchev–Trinajstić information content (AvgIpc) is 3.58. The van der Waals surface area contributed by atoms with Gasteiger partial charge in [0.05, 0.1) is 11.8 Å². The molecule has 2 N–H and O–H groups in total. The molecule has 2 aliphatic carbocycles. The van der Waals surface area contributed by atoms with E-state index in [0.717, 1.165) is 30.9 Å². The molecule has 4 aliphatic rings. The first-order valence-electron chi connectivity index (χ1n) is 11.3. The Bertz CT molecular complexity index is 892. The molecule has 1 aromatic rings. The highest BCUT2D eigenvalue weighted by molar-refractivity contribution is 6.06. The second kappa shape index (κ2) is 8.32. The van der Waals surface area contributed by atoms with E-state index < -0.39 is 0 Å². The number of hydrogen-bond donors (Lipinski definition) is 2. The van der Waals surface area contributed by atoms with Crippen LogP contribution in [0.3, 0.4) is 0 Å². The van der Waals surface area contributed by atoms with Crippen molar-refractivity contribution in [1.82, 2.24) is 20.5 Å². The standard InChI is InChI=1S/C23H30N6O2/c1-24-23(27-14-15-6-7-25-18(12-15)28-9-2-3-10-28)26-8-11-29-21(30)19-16-4-5-17(13-16)20(19)22(29)31/h4-7,12,16-17,19-20H,2-3,8-11,13-14H2,1H3,(H2,24,26,27). The molecule has 0 aromatic carbocycles. The van der Waals surface area contributed by atoms with Crippen molar-refractivity contribution in [1.29, 1.82) is 0 Å². The Balaban J connectivity index is 1.11.